The molecule has 3 aliphatic rings. The van der Waals surface area contributed by atoms with Crippen LogP contribution in [0.5, 0.6) is 0 Å². The van der Waals surface area contributed by atoms with Crippen LogP contribution in [0.25, 0.3) is 0 Å². The van der Waals surface area contributed by atoms with Crippen LogP contribution in [0.1, 0.15) is 51.4 Å². The molecule has 4 heteroatoms. The van der Waals surface area contributed by atoms with Crippen LogP contribution in [0.4, 0.5) is 0 Å². The first kappa shape index (κ1) is 14.1. The summed E-state index contributed by atoms with van der Waals surface area (Å²) < 4.78 is 0. The Morgan fingerprint density at radius 1 is 1.00 bits per heavy atom. The normalized spacial score (nSPS) is 32.0. The van der Waals surface area contributed by atoms with E-state index in [0.717, 1.165) is 12.5 Å². The first-order valence-electron chi connectivity index (χ1n) is 8.27. The molecule has 1 amide bonds. The van der Waals surface area contributed by atoms with Gasteiger partial charge in [-0.15, -0.1) is 0 Å². The second kappa shape index (κ2) is 6.25. The lowest BCUT2D eigenvalue weighted by Crippen LogP contribution is -2.52. The van der Waals surface area contributed by atoms with Crippen molar-refractivity contribution >= 4 is 11.7 Å². The molecular formula is C16H26N2O2. The molecule has 3 fully saturated rings. The Bertz CT molecular complexity index is 371. The maximum atomic E-state index is 12.4. The SMILES string of the molecule is O=C1CCN(C(=O)CN2CCCC3CCCCC32)CC1. The standard InChI is InChI=1S/C16H26N2O2/c19-14-7-10-17(11-8-14)16(20)12-18-9-3-5-13-4-1-2-6-15(13)18/h13,15H,1-12H2. The number of ketones is 1. The van der Waals surface area contributed by atoms with Crippen LogP contribution >= 0.6 is 0 Å². The molecule has 0 aromatic rings. The van der Waals surface area contributed by atoms with Gasteiger partial charge in [-0.3, -0.25) is 14.5 Å². The lowest BCUT2D eigenvalue weighted by Gasteiger charge is -2.44. The Kier molecular flexibility index (Phi) is 4.39. The second-order valence-corrected chi connectivity index (χ2v) is 6.64. The van der Waals surface area contributed by atoms with Gasteiger partial charge in [0.05, 0.1) is 6.54 Å². The molecule has 1 aliphatic carbocycles. The summed E-state index contributed by atoms with van der Waals surface area (Å²) in [6.45, 7) is 2.94. The van der Waals surface area contributed by atoms with Crippen molar-refractivity contribution in [3.8, 4) is 0 Å². The molecule has 20 heavy (non-hydrogen) atoms. The van der Waals surface area contributed by atoms with E-state index in [1.54, 1.807) is 0 Å². The Balaban J connectivity index is 1.56. The van der Waals surface area contributed by atoms with E-state index in [4.69, 9.17) is 0 Å². The van der Waals surface area contributed by atoms with Gasteiger partial charge in [-0.2, -0.15) is 0 Å². The van der Waals surface area contributed by atoms with Crippen molar-refractivity contribution in [2.75, 3.05) is 26.2 Å². The third-order valence-electron chi connectivity index (χ3n) is 5.37. The van der Waals surface area contributed by atoms with Crippen molar-refractivity contribution in [1.82, 2.24) is 9.80 Å². The van der Waals surface area contributed by atoms with Crippen LogP contribution in [-0.4, -0.2) is 53.7 Å². The Hall–Kier alpha value is -0.900. The van der Waals surface area contributed by atoms with E-state index in [1.807, 2.05) is 4.90 Å². The summed E-state index contributed by atoms with van der Waals surface area (Å²) >= 11 is 0. The molecule has 2 saturated heterocycles. The van der Waals surface area contributed by atoms with E-state index in [9.17, 15) is 9.59 Å². The number of hydrogen-bond donors (Lipinski definition) is 0. The van der Waals surface area contributed by atoms with E-state index < -0.39 is 0 Å². The number of nitrogens with zero attached hydrogens (tertiary/aromatic N) is 2. The van der Waals surface area contributed by atoms with Gasteiger partial charge in [-0.1, -0.05) is 12.8 Å². The number of fused-ring (bicyclic) bond motifs is 1. The van der Waals surface area contributed by atoms with Crippen LogP contribution in [-0.2, 0) is 9.59 Å². The van der Waals surface area contributed by atoms with Gasteiger partial charge in [0.15, 0.2) is 0 Å². The predicted molar refractivity (Wildman–Crippen MR) is 77.4 cm³/mol. The fraction of sp³-hybridized carbons (Fsp3) is 0.875. The van der Waals surface area contributed by atoms with Crippen molar-refractivity contribution in [3.63, 3.8) is 0 Å². The van der Waals surface area contributed by atoms with E-state index >= 15 is 0 Å². The highest BCUT2D eigenvalue weighted by Gasteiger charge is 2.34. The maximum Gasteiger partial charge on any atom is 0.236 e. The number of carbonyl (C=O) groups excluding carboxylic acids is 2. The third kappa shape index (κ3) is 3.05. The van der Waals surface area contributed by atoms with Gasteiger partial charge in [-0.05, 0) is 38.1 Å². The second-order valence-electron chi connectivity index (χ2n) is 6.64. The Labute approximate surface area is 121 Å². The molecule has 2 atom stereocenters. The van der Waals surface area contributed by atoms with Crippen molar-refractivity contribution in [2.45, 2.75) is 57.4 Å². The average Bonchev–Trinajstić information content (AvgIpc) is 2.48. The number of piperidine rings is 2. The van der Waals surface area contributed by atoms with Crippen LogP contribution in [0, 0.1) is 5.92 Å². The highest BCUT2D eigenvalue weighted by molar-refractivity contribution is 5.84. The zero-order chi connectivity index (χ0) is 13.9. The fourth-order valence-corrected chi connectivity index (χ4v) is 4.20. The summed E-state index contributed by atoms with van der Waals surface area (Å²) in [6, 6.07) is 0.646. The summed E-state index contributed by atoms with van der Waals surface area (Å²) in [6.07, 6.45) is 9.03. The van der Waals surface area contributed by atoms with Crippen LogP contribution in [0.15, 0.2) is 0 Å². The highest BCUT2D eigenvalue weighted by atomic mass is 16.2. The van der Waals surface area contributed by atoms with Gasteiger partial charge in [-0.25, -0.2) is 0 Å². The summed E-state index contributed by atoms with van der Waals surface area (Å²) in [5.41, 5.74) is 0. The topological polar surface area (TPSA) is 40.6 Å². The summed E-state index contributed by atoms with van der Waals surface area (Å²) in [5.74, 6) is 1.37. The quantitative estimate of drug-likeness (QED) is 0.774. The minimum atomic E-state index is 0.240. The van der Waals surface area contributed by atoms with Crippen molar-refractivity contribution < 1.29 is 9.59 Å². The molecule has 0 spiro atoms. The predicted octanol–water partition coefficient (Wildman–Crippen LogP) is 1.83. The average molecular weight is 278 g/mol. The molecule has 0 radical (unpaired) electrons. The number of Topliss-reactive ketones (excluding diaryl/α,β-unsaturated/α-hetero) is 1. The van der Waals surface area contributed by atoms with Crippen molar-refractivity contribution in [1.29, 1.82) is 0 Å². The highest BCUT2D eigenvalue weighted by Crippen LogP contribution is 2.35. The Morgan fingerprint density at radius 3 is 2.50 bits per heavy atom. The molecule has 0 N–H and O–H groups in total. The van der Waals surface area contributed by atoms with E-state index in [0.29, 0.717) is 44.3 Å². The zero-order valence-corrected chi connectivity index (χ0v) is 12.4. The lowest BCUT2D eigenvalue weighted by atomic mass is 9.78. The third-order valence-corrected chi connectivity index (χ3v) is 5.37. The molecule has 3 rings (SSSR count). The van der Waals surface area contributed by atoms with E-state index in [-0.39, 0.29) is 5.91 Å². The Morgan fingerprint density at radius 2 is 1.70 bits per heavy atom. The number of amides is 1. The van der Waals surface area contributed by atoms with Crippen LogP contribution in [0.3, 0.4) is 0 Å². The van der Waals surface area contributed by atoms with Gasteiger partial charge in [0, 0.05) is 32.0 Å². The number of likely N-dealkylation sites (tertiary alicyclic amines) is 2. The minimum absolute atomic E-state index is 0.240. The van der Waals surface area contributed by atoms with Gasteiger partial charge >= 0.3 is 0 Å². The molecule has 112 valence electrons. The molecule has 0 bridgehead atoms. The number of hydrogen-bond acceptors (Lipinski definition) is 3. The first-order chi connectivity index (χ1) is 9.74. The molecular weight excluding hydrogens is 252 g/mol. The molecule has 4 nitrogen and oxygen atoms in total. The van der Waals surface area contributed by atoms with Crippen molar-refractivity contribution in [2.24, 2.45) is 5.92 Å². The maximum absolute atomic E-state index is 12.4. The van der Waals surface area contributed by atoms with Crippen molar-refractivity contribution in [3.05, 3.63) is 0 Å². The number of rotatable bonds is 2. The largest absolute Gasteiger partial charge is 0.341 e. The van der Waals surface area contributed by atoms with E-state index in [1.165, 1.54) is 38.5 Å². The van der Waals surface area contributed by atoms with Gasteiger partial charge < -0.3 is 4.90 Å². The number of carbonyl (C=O) groups is 2. The summed E-state index contributed by atoms with van der Waals surface area (Å²) in [4.78, 5) is 28.0. The van der Waals surface area contributed by atoms with Gasteiger partial charge in [0.1, 0.15) is 5.78 Å². The molecule has 0 aromatic carbocycles. The molecule has 2 aliphatic heterocycles. The fourth-order valence-electron chi connectivity index (χ4n) is 4.20. The molecule has 1 saturated carbocycles. The molecule has 0 aromatic heterocycles. The zero-order valence-electron chi connectivity index (χ0n) is 12.4. The summed E-state index contributed by atoms with van der Waals surface area (Å²) in [5, 5.41) is 0. The van der Waals surface area contributed by atoms with E-state index in [2.05, 4.69) is 4.90 Å². The smallest absolute Gasteiger partial charge is 0.236 e. The van der Waals surface area contributed by atoms with Gasteiger partial charge in [0.25, 0.3) is 0 Å². The molecule has 2 unspecified atom stereocenters. The van der Waals surface area contributed by atoms with Gasteiger partial charge in [0.2, 0.25) is 5.91 Å². The summed E-state index contributed by atoms with van der Waals surface area (Å²) in [7, 11) is 0. The van der Waals surface area contributed by atoms with Crippen LogP contribution in [0.2, 0.25) is 0 Å². The molecule has 2 heterocycles. The monoisotopic (exact) mass is 278 g/mol. The minimum Gasteiger partial charge on any atom is -0.341 e. The van der Waals surface area contributed by atoms with Crippen LogP contribution < -0.4 is 0 Å². The first-order valence-corrected chi connectivity index (χ1v) is 8.27. The lowest BCUT2D eigenvalue weighted by molar-refractivity contribution is -0.137.